The number of carbonyl (C=O) groups excluding carboxylic acids is 1. The summed E-state index contributed by atoms with van der Waals surface area (Å²) in [6.07, 6.45) is 0. The molecule has 0 heterocycles. The Hall–Kier alpha value is -1.29. The molecule has 0 fully saturated rings. The van der Waals surface area contributed by atoms with Crippen molar-refractivity contribution in [3.8, 4) is 5.75 Å². The van der Waals surface area contributed by atoms with Crippen LogP contribution in [-0.4, -0.2) is 16.6 Å². The van der Waals surface area contributed by atoms with Gasteiger partial charge in [0.25, 0.3) is 11.5 Å². The maximum Gasteiger partial charge on any atom is 0.274 e. The monoisotopic (exact) mass is 231 g/mol. The summed E-state index contributed by atoms with van der Waals surface area (Å²) in [5.74, 6) is -0.860. The minimum Gasteiger partial charge on any atom is -0.507 e. The van der Waals surface area contributed by atoms with Crippen molar-refractivity contribution in [2.45, 2.75) is 19.5 Å². The second kappa shape index (κ2) is 4.49. The van der Waals surface area contributed by atoms with Gasteiger partial charge in [0.1, 0.15) is 5.75 Å². The number of hydrogen-bond acceptors (Lipinski definition) is 2. The van der Waals surface area contributed by atoms with E-state index >= 15 is 0 Å². The van der Waals surface area contributed by atoms with Crippen molar-refractivity contribution in [3.05, 3.63) is 23.3 Å². The number of hydrogen-bond donors (Lipinski definition) is 2. The van der Waals surface area contributed by atoms with Crippen molar-refractivity contribution < 1.29 is 14.3 Å². The van der Waals surface area contributed by atoms with E-state index in [0.717, 1.165) is 0 Å². The van der Waals surface area contributed by atoms with Crippen molar-refractivity contribution >= 4 is 23.2 Å². The summed E-state index contributed by atoms with van der Waals surface area (Å²) in [6.45, 7) is 3.35. The molecule has 0 spiro atoms. The first-order valence-electron chi connectivity index (χ1n) is 4.31. The van der Waals surface area contributed by atoms with Crippen LogP contribution in [0.5, 0.6) is 5.75 Å². The quantitative estimate of drug-likeness (QED) is 0.769. The van der Waals surface area contributed by atoms with E-state index in [1.165, 1.54) is 0 Å². The second-order valence-corrected chi connectivity index (χ2v) is 3.58. The third kappa shape index (κ3) is 2.59. The van der Waals surface area contributed by atoms with Gasteiger partial charge < -0.3 is 10.4 Å². The van der Waals surface area contributed by atoms with Crippen LogP contribution in [0.3, 0.4) is 0 Å². The lowest BCUT2D eigenvalue weighted by molar-refractivity contribution is -0.118. The zero-order valence-electron chi connectivity index (χ0n) is 8.34. The van der Waals surface area contributed by atoms with Gasteiger partial charge in [0.2, 0.25) is 0 Å². The zero-order valence-corrected chi connectivity index (χ0v) is 9.10. The average Bonchev–Trinajstić information content (AvgIpc) is 2.18. The SMILES string of the molecule is Cc1ccc(NC(=O)C(F)Cl)c(C)c1O. The number of nitrogens with one attached hydrogen (secondary N) is 1. The molecule has 3 nitrogen and oxygen atoms in total. The lowest BCUT2D eigenvalue weighted by Crippen LogP contribution is -2.19. The molecule has 1 aromatic carbocycles. The number of benzene rings is 1. The molecule has 0 aliphatic rings. The average molecular weight is 232 g/mol. The first-order chi connectivity index (χ1) is 6.93. The van der Waals surface area contributed by atoms with E-state index in [-0.39, 0.29) is 5.75 Å². The standard InChI is InChI=1S/C10H11ClFNO2/c1-5-3-4-7(6(2)8(5)14)13-10(15)9(11)12/h3-4,9,14H,1-2H3,(H,13,15). The summed E-state index contributed by atoms with van der Waals surface area (Å²) >= 11 is 4.96. The largest absolute Gasteiger partial charge is 0.507 e. The van der Waals surface area contributed by atoms with Crippen molar-refractivity contribution in [1.29, 1.82) is 0 Å². The molecule has 0 radical (unpaired) electrons. The normalized spacial score (nSPS) is 12.3. The summed E-state index contributed by atoms with van der Waals surface area (Å²) in [5, 5.41) is 11.8. The number of anilines is 1. The van der Waals surface area contributed by atoms with Crippen molar-refractivity contribution in [2.75, 3.05) is 5.32 Å². The zero-order chi connectivity index (χ0) is 11.6. The van der Waals surface area contributed by atoms with Gasteiger partial charge in [-0.25, -0.2) is 4.39 Å². The van der Waals surface area contributed by atoms with Gasteiger partial charge in [-0.3, -0.25) is 4.79 Å². The Balaban J connectivity index is 2.97. The number of alkyl halides is 2. The van der Waals surface area contributed by atoms with Crippen molar-refractivity contribution in [1.82, 2.24) is 0 Å². The van der Waals surface area contributed by atoms with E-state index < -0.39 is 11.5 Å². The van der Waals surface area contributed by atoms with Gasteiger partial charge in [0.05, 0.1) is 0 Å². The van der Waals surface area contributed by atoms with Crippen LogP contribution in [0.25, 0.3) is 0 Å². The maximum atomic E-state index is 12.4. The third-order valence-electron chi connectivity index (χ3n) is 2.09. The number of halogens is 2. The minimum absolute atomic E-state index is 0.0813. The summed E-state index contributed by atoms with van der Waals surface area (Å²) in [7, 11) is 0. The molecule has 0 bridgehead atoms. The Kier molecular flexibility index (Phi) is 3.52. The molecule has 1 aromatic rings. The topological polar surface area (TPSA) is 49.3 Å². The van der Waals surface area contributed by atoms with Crippen molar-refractivity contribution in [3.63, 3.8) is 0 Å². The van der Waals surface area contributed by atoms with E-state index in [2.05, 4.69) is 5.32 Å². The Morgan fingerprint density at radius 1 is 1.53 bits per heavy atom. The van der Waals surface area contributed by atoms with Gasteiger partial charge in [-0.15, -0.1) is 0 Å². The van der Waals surface area contributed by atoms with Crippen LogP contribution in [0.2, 0.25) is 0 Å². The van der Waals surface area contributed by atoms with Crippen LogP contribution in [0.15, 0.2) is 12.1 Å². The summed E-state index contributed by atoms with van der Waals surface area (Å²) < 4.78 is 12.4. The highest BCUT2D eigenvalue weighted by Crippen LogP contribution is 2.28. The lowest BCUT2D eigenvalue weighted by Gasteiger charge is -2.11. The molecular formula is C10H11ClFNO2. The minimum atomic E-state index is -2.09. The molecule has 0 aliphatic heterocycles. The number of phenolic OH excluding ortho intramolecular Hbond substituents is 1. The fourth-order valence-corrected chi connectivity index (χ4v) is 1.21. The second-order valence-electron chi connectivity index (χ2n) is 3.19. The molecule has 0 saturated heterocycles. The molecule has 0 aromatic heterocycles. The number of rotatable bonds is 2. The van der Waals surface area contributed by atoms with E-state index in [4.69, 9.17) is 11.6 Å². The van der Waals surface area contributed by atoms with E-state index in [0.29, 0.717) is 16.8 Å². The Bertz CT molecular complexity index is 393. The smallest absolute Gasteiger partial charge is 0.274 e. The van der Waals surface area contributed by atoms with Crippen LogP contribution in [-0.2, 0) is 4.79 Å². The van der Waals surface area contributed by atoms with Crippen LogP contribution in [0, 0.1) is 13.8 Å². The van der Waals surface area contributed by atoms with Gasteiger partial charge in [0, 0.05) is 11.3 Å². The van der Waals surface area contributed by atoms with Gasteiger partial charge in [0.15, 0.2) is 0 Å². The fraction of sp³-hybridized carbons (Fsp3) is 0.300. The van der Waals surface area contributed by atoms with E-state index in [1.54, 1.807) is 26.0 Å². The fourth-order valence-electron chi connectivity index (χ4n) is 1.16. The third-order valence-corrected chi connectivity index (χ3v) is 2.29. The summed E-state index contributed by atoms with van der Waals surface area (Å²) in [6, 6.07) is 3.21. The number of phenols is 1. The molecule has 0 aliphatic carbocycles. The van der Waals surface area contributed by atoms with E-state index in [1.807, 2.05) is 0 Å². The van der Waals surface area contributed by atoms with Gasteiger partial charge in [-0.1, -0.05) is 17.7 Å². The van der Waals surface area contributed by atoms with Crippen molar-refractivity contribution in [2.24, 2.45) is 0 Å². The highest BCUT2D eigenvalue weighted by atomic mass is 35.5. The van der Waals surface area contributed by atoms with E-state index in [9.17, 15) is 14.3 Å². The number of amides is 1. The first-order valence-corrected chi connectivity index (χ1v) is 4.75. The first kappa shape index (κ1) is 11.8. The number of carbonyl (C=O) groups is 1. The predicted octanol–water partition coefficient (Wildman–Crippen LogP) is 2.48. The molecule has 5 heteroatoms. The van der Waals surface area contributed by atoms with Gasteiger partial charge in [-0.05, 0) is 25.5 Å². The number of aryl methyl sites for hydroxylation is 1. The predicted molar refractivity (Wildman–Crippen MR) is 57.0 cm³/mol. The Morgan fingerprint density at radius 3 is 2.67 bits per heavy atom. The van der Waals surface area contributed by atoms with Crippen LogP contribution in [0.4, 0.5) is 10.1 Å². The molecule has 1 atom stereocenters. The summed E-state index contributed by atoms with van der Waals surface area (Å²) in [4.78, 5) is 11.0. The summed E-state index contributed by atoms with van der Waals surface area (Å²) in [5.41, 5.74) is -0.562. The molecule has 15 heavy (non-hydrogen) atoms. The number of aromatic hydroxyl groups is 1. The van der Waals surface area contributed by atoms with Crippen LogP contribution >= 0.6 is 11.6 Å². The highest BCUT2D eigenvalue weighted by molar-refractivity contribution is 6.31. The lowest BCUT2D eigenvalue weighted by atomic mass is 10.1. The highest BCUT2D eigenvalue weighted by Gasteiger charge is 2.15. The maximum absolute atomic E-state index is 12.4. The molecule has 82 valence electrons. The Labute approximate surface area is 91.9 Å². The van der Waals surface area contributed by atoms with Gasteiger partial charge >= 0.3 is 0 Å². The molecular weight excluding hydrogens is 221 g/mol. The molecule has 1 unspecified atom stereocenters. The van der Waals surface area contributed by atoms with Crippen LogP contribution in [0.1, 0.15) is 11.1 Å². The molecule has 0 saturated carbocycles. The molecule has 2 N–H and O–H groups in total. The van der Waals surface area contributed by atoms with Gasteiger partial charge in [-0.2, -0.15) is 0 Å². The van der Waals surface area contributed by atoms with Crippen LogP contribution < -0.4 is 5.32 Å². The molecule has 1 rings (SSSR count). The molecule has 1 amide bonds. The Morgan fingerprint density at radius 2 is 2.13 bits per heavy atom.